The maximum atomic E-state index is 12.8. The second-order valence-electron chi connectivity index (χ2n) is 4.37. The van der Waals surface area contributed by atoms with Crippen LogP contribution in [0.1, 0.15) is 5.56 Å². The molecule has 0 bridgehead atoms. The Hall–Kier alpha value is -0.307. The van der Waals surface area contributed by atoms with Crippen molar-refractivity contribution in [2.45, 2.75) is 22.5 Å². The molecule has 0 amide bonds. The van der Waals surface area contributed by atoms with Crippen LogP contribution in [-0.4, -0.2) is 13.3 Å². The van der Waals surface area contributed by atoms with E-state index in [1.165, 1.54) is 6.07 Å². The molecule has 1 rings (SSSR count). The molecule has 0 nitrogen and oxygen atoms in total. The summed E-state index contributed by atoms with van der Waals surface area (Å²) in [5.74, 6) is 6.90. The summed E-state index contributed by atoms with van der Waals surface area (Å²) >= 11 is -1.55. The molecule has 66 valence electrons. The van der Waals surface area contributed by atoms with Gasteiger partial charge >= 0.3 is 75.8 Å². The molecule has 2 heteroatoms. The summed E-state index contributed by atoms with van der Waals surface area (Å²) in [4.78, 5) is 0. The van der Waals surface area contributed by atoms with Gasteiger partial charge < -0.3 is 0 Å². The summed E-state index contributed by atoms with van der Waals surface area (Å²) in [6.07, 6.45) is 0. The first-order valence-electron chi connectivity index (χ1n) is 4.22. The number of benzene rings is 1. The zero-order chi connectivity index (χ0) is 9.19. The van der Waals surface area contributed by atoms with Crippen LogP contribution in [0.2, 0.25) is 17.3 Å². The molecule has 0 aromatic heterocycles. The average molecular weight is 227 g/mol. The van der Waals surface area contributed by atoms with Crippen molar-refractivity contribution in [1.29, 1.82) is 0 Å². The third kappa shape index (κ3) is 3.39. The fraction of sp³-hybridized carbons (Fsp3) is 0.400. The number of hydrogen-bond acceptors (Lipinski definition) is 0. The Bertz CT molecular complexity index is 263. The van der Waals surface area contributed by atoms with Gasteiger partial charge in [-0.05, 0) is 0 Å². The van der Waals surface area contributed by atoms with Crippen LogP contribution in [0, 0.1) is 5.82 Å². The molecule has 0 fully saturated rings. The van der Waals surface area contributed by atoms with Crippen LogP contribution in [0.3, 0.4) is 0 Å². The molecular weight excluding hydrogens is 212 g/mol. The van der Waals surface area contributed by atoms with Gasteiger partial charge in [0.05, 0.1) is 0 Å². The van der Waals surface area contributed by atoms with Crippen molar-refractivity contribution < 1.29 is 4.39 Å². The second-order valence-corrected chi connectivity index (χ2v) is 15.9. The van der Waals surface area contributed by atoms with Crippen LogP contribution in [-0.2, 0) is 5.25 Å². The molecule has 1 aromatic carbocycles. The zero-order valence-corrected chi connectivity index (χ0v) is 9.99. The van der Waals surface area contributed by atoms with E-state index in [1.54, 1.807) is 12.1 Å². The van der Waals surface area contributed by atoms with E-state index in [2.05, 4.69) is 17.3 Å². The summed E-state index contributed by atoms with van der Waals surface area (Å²) in [6.45, 7) is 0. The van der Waals surface area contributed by atoms with Crippen molar-refractivity contribution in [1.82, 2.24) is 0 Å². The van der Waals surface area contributed by atoms with Gasteiger partial charge in [-0.1, -0.05) is 0 Å². The van der Waals surface area contributed by atoms with Crippen LogP contribution < -0.4 is 0 Å². The van der Waals surface area contributed by atoms with Crippen molar-refractivity contribution in [3.63, 3.8) is 0 Å². The normalized spacial score (nSPS) is 11.7. The van der Waals surface area contributed by atoms with Gasteiger partial charge in [0, 0.05) is 0 Å². The third-order valence-electron chi connectivity index (χ3n) is 1.62. The number of rotatable bonds is 2. The van der Waals surface area contributed by atoms with E-state index >= 15 is 0 Å². The van der Waals surface area contributed by atoms with Crippen LogP contribution in [0.25, 0.3) is 0 Å². The Balaban J connectivity index is 2.77. The van der Waals surface area contributed by atoms with E-state index < -0.39 is 13.3 Å². The van der Waals surface area contributed by atoms with E-state index in [0.717, 1.165) is 10.8 Å². The van der Waals surface area contributed by atoms with Crippen LogP contribution in [0.5, 0.6) is 0 Å². The monoisotopic (exact) mass is 228 g/mol. The molecule has 0 radical (unpaired) electrons. The molecule has 0 N–H and O–H groups in total. The van der Waals surface area contributed by atoms with Crippen molar-refractivity contribution in [2.24, 2.45) is 0 Å². The molecule has 0 spiro atoms. The van der Waals surface area contributed by atoms with Crippen molar-refractivity contribution in [2.75, 3.05) is 0 Å². The maximum absolute atomic E-state index is 12.8. The first-order chi connectivity index (χ1) is 5.47. The fourth-order valence-corrected chi connectivity index (χ4v) is 4.29. The quantitative estimate of drug-likeness (QED) is 0.680. The summed E-state index contributed by atoms with van der Waals surface area (Å²) in [5.41, 5.74) is 1.16. The zero-order valence-electron chi connectivity index (χ0n) is 7.89. The van der Waals surface area contributed by atoms with Gasteiger partial charge in [-0.2, -0.15) is 0 Å². The van der Waals surface area contributed by atoms with E-state index in [-0.39, 0.29) is 5.82 Å². The predicted molar refractivity (Wildman–Crippen MR) is 53.5 cm³/mol. The Labute approximate surface area is 76.2 Å². The predicted octanol–water partition coefficient (Wildman–Crippen LogP) is 3.25. The van der Waals surface area contributed by atoms with Crippen LogP contribution in [0.4, 0.5) is 4.39 Å². The van der Waals surface area contributed by atoms with Gasteiger partial charge in [-0.25, -0.2) is 0 Å². The topological polar surface area (TPSA) is 0 Å². The second kappa shape index (κ2) is 3.61. The Morgan fingerprint density at radius 1 is 1.25 bits per heavy atom. The van der Waals surface area contributed by atoms with Gasteiger partial charge in [0.2, 0.25) is 0 Å². The van der Waals surface area contributed by atoms with Crippen molar-refractivity contribution >= 4 is 13.3 Å². The molecule has 0 atom stereocenters. The minimum atomic E-state index is -1.55. The van der Waals surface area contributed by atoms with E-state index in [9.17, 15) is 4.39 Å². The minimum absolute atomic E-state index is 0.112. The molecule has 0 unspecified atom stereocenters. The van der Waals surface area contributed by atoms with Gasteiger partial charge in [0.25, 0.3) is 0 Å². The van der Waals surface area contributed by atoms with Crippen LogP contribution in [0.15, 0.2) is 24.3 Å². The van der Waals surface area contributed by atoms with Gasteiger partial charge in [0.1, 0.15) is 0 Å². The SMILES string of the molecule is [CH3][Ge]([CH3])([CH3])[CH2]c1cccc(F)c1. The van der Waals surface area contributed by atoms with Gasteiger partial charge in [-0.15, -0.1) is 0 Å². The molecule has 0 aliphatic rings. The Kier molecular flexibility index (Phi) is 2.94. The fourth-order valence-electron chi connectivity index (χ4n) is 1.26. The number of hydrogen-bond donors (Lipinski definition) is 0. The molecule has 0 saturated carbocycles. The number of halogens is 1. The summed E-state index contributed by atoms with van der Waals surface area (Å²) in [6, 6.07) is 6.95. The molecule has 0 aliphatic carbocycles. The Morgan fingerprint density at radius 3 is 2.42 bits per heavy atom. The summed E-state index contributed by atoms with van der Waals surface area (Å²) in [5, 5.41) is 1.11. The van der Waals surface area contributed by atoms with Gasteiger partial charge in [-0.3, -0.25) is 0 Å². The van der Waals surface area contributed by atoms with Crippen molar-refractivity contribution in [3.8, 4) is 0 Å². The first-order valence-corrected chi connectivity index (χ1v) is 12.0. The Morgan fingerprint density at radius 2 is 1.92 bits per heavy atom. The van der Waals surface area contributed by atoms with E-state index in [1.807, 2.05) is 6.07 Å². The molecule has 1 aromatic rings. The van der Waals surface area contributed by atoms with E-state index in [0.29, 0.717) is 0 Å². The summed E-state index contributed by atoms with van der Waals surface area (Å²) < 4.78 is 12.8. The van der Waals surface area contributed by atoms with Crippen molar-refractivity contribution in [3.05, 3.63) is 35.6 Å². The van der Waals surface area contributed by atoms with Crippen LogP contribution >= 0.6 is 0 Å². The first kappa shape index (κ1) is 9.78. The van der Waals surface area contributed by atoms with Gasteiger partial charge in [0.15, 0.2) is 0 Å². The average Bonchev–Trinajstić information content (AvgIpc) is 1.82. The third-order valence-corrected chi connectivity index (χ3v) is 4.71. The molecule has 0 heterocycles. The van der Waals surface area contributed by atoms with E-state index in [4.69, 9.17) is 0 Å². The summed E-state index contributed by atoms with van der Waals surface area (Å²) in [7, 11) is 0. The standard InChI is InChI=1S/C10H15FGe/c1-12(2,3)8-9-5-4-6-10(11)7-9/h4-7H,8H2,1-3H3. The molecule has 0 aliphatic heterocycles. The molecular formula is C10H15FGe. The molecule has 0 saturated heterocycles. The molecule has 12 heavy (non-hydrogen) atoms.